The second-order valence-electron chi connectivity index (χ2n) is 8.03. The van der Waals surface area contributed by atoms with Crippen molar-refractivity contribution in [1.29, 1.82) is 0 Å². The van der Waals surface area contributed by atoms with Crippen LogP contribution >= 0.6 is 0 Å². The maximum atomic E-state index is 13.4. The van der Waals surface area contributed by atoms with Crippen molar-refractivity contribution in [3.05, 3.63) is 75.7 Å². The molecule has 0 spiro atoms. The lowest BCUT2D eigenvalue weighted by atomic mass is 9.98. The van der Waals surface area contributed by atoms with Crippen molar-refractivity contribution >= 4 is 16.7 Å². The molecule has 0 N–H and O–H groups in total. The van der Waals surface area contributed by atoms with Gasteiger partial charge in [-0.15, -0.1) is 0 Å². The minimum absolute atomic E-state index is 0.0142. The standard InChI is InChI=1S/C24H26N2O2/c1-16-7-6-12-25(14-16)23(27)22-15-26(19-11-10-17(2)18(3)13-19)24(28)21-9-5-4-8-20(21)22/h4-5,8-11,13,15-16H,6-7,12,14H2,1-3H3. The molecular weight excluding hydrogens is 348 g/mol. The molecule has 1 unspecified atom stereocenters. The molecule has 0 radical (unpaired) electrons. The Kier molecular flexibility index (Phi) is 4.80. The SMILES string of the molecule is Cc1ccc(-n2cc(C(=O)N3CCCC(C)C3)c3ccccc3c2=O)cc1C. The first-order valence-corrected chi connectivity index (χ1v) is 9.97. The van der Waals surface area contributed by atoms with E-state index in [9.17, 15) is 9.59 Å². The number of piperidine rings is 1. The van der Waals surface area contributed by atoms with E-state index in [1.165, 1.54) is 5.56 Å². The van der Waals surface area contributed by atoms with Gasteiger partial charge in [-0.1, -0.05) is 31.2 Å². The molecule has 28 heavy (non-hydrogen) atoms. The average Bonchev–Trinajstić information content (AvgIpc) is 2.70. The van der Waals surface area contributed by atoms with Crippen LogP contribution in [0.3, 0.4) is 0 Å². The highest BCUT2D eigenvalue weighted by atomic mass is 16.2. The van der Waals surface area contributed by atoms with E-state index in [1.807, 2.05) is 54.3 Å². The van der Waals surface area contributed by atoms with E-state index in [1.54, 1.807) is 10.8 Å². The van der Waals surface area contributed by atoms with E-state index in [0.29, 0.717) is 16.9 Å². The number of carbonyl (C=O) groups excluding carboxylic acids is 1. The number of rotatable bonds is 2. The summed E-state index contributed by atoms with van der Waals surface area (Å²) in [7, 11) is 0. The molecule has 3 aromatic rings. The fourth-order valence-corrected chi connectivity index (χ4v) is 4.07. The van der Waals surface area contributed by atoms with Gasteiger partial charge in [0.15, 0.2) is 0 Å². The monoisotopic (exact) mass is 374 g/mol. The normalized spacial score (nSPS) is 17.1. The summed E-state index contributed by atoms with van der Waals surface area (Å²) in [5, 5.41) is 1.31. The van der Waals surface area contributed by atoms with E-state index in [0.717, 1.165) is 42.6 Å². The molecule has 4 nitrogen and oxygen atoms in total. The van der Waals surface area contributed by atoms with Crippen LogP contribution in [-0.4, -0.2) is 28.5 Å². The number of hydrogen-bond donors (Lipinski definition) is 0. The molecule has 1 saturated heterocycles. The van der Waals surface area contributed by atoms with Crippen molar-refractivity contribution in [1.82, 2.24) is 9.47 Å². The van der Waals surface area contributed by atoms with E-state index in [4.69, 9.17) is 0 Å². The van der Waals surface area contributed by atoms with E-state index in [-0.39, 0.29) is 11.5 Å². The van der Waals surface area contributed by atoms with E-state index < -0.39 is 0 Å². The molecule has 0 saturated carbocycles. The van der Waals surface area contributed by atoms with Gasteiger partial charge in [0.05, 0.1) is 5.56 Å². The maximum Gasteiger partial charge on any atom is 0.262 e. The van der Waals surface area contributed by atoms with Gasteiger partial charge in [-0.2, -0.15) is 0 Å². The number of likely N-dealkylation sites (tertiary alicyclic amines) is 1. The van der Waals surface area contributed by atoms with Crippen LogP contribution in [0, 0.1) is 19.8 Å². The number of hydrogen-bond acceptors (Lipinski definition) is 2. The number of amides is 1. The lowest BCUT2D eigenvalue weighted by molar-refractivity contribution is 0.0684. The number of fused-ring (bicyclic) bond motifs is 1. The molecule has 1 fully saturated rings. The Morgan fingerprint density at radius 2 is 1.79 bits per heavy atom. The topological polar surface area (TPSA) is 42.3 Å². The predicted molar refractivity (Wildman–Crippen MR) is 113 cm³/mol. The third-order valence-corrected chi connectivity index (χ3v) is 5.87. The molecule has 1 amide bonds. The van der Waals surface area contributed by atoms with Crippen LogP contribution in [0.4, 0.5) is 0 Å². The summed E-state index contributed by atoms with van der Waals surface area (Å²) >= 11 is 0. The molecule has 1 aromatic heterocycles. The van der Waals surface area contributed by atoms with Crippen LogP contribution in [0.5, 0.6) is 0 Å². The van der Waals surface area contributed by atoms with E-state index >= 15 is 0 Å². The second-order valence-corrected chi connectivity index (χ2v) is 8.03. The first kappa shape index (κ1) is 18.5. The van der Waals surface area contributed by atoms with Gasteiger partial charge in [-0.25, -0.2) is 0 Å². The fraction of sp³-hybridized carbons (Fsp3) is 0.333. The number of carbonyl (C=O) groups is 1. The third-order valence-electron chi connectivity index (χ3n) is 5.87. The van der Waals surface area contributed by atoms with Crippen LogP contribution in [0.1, 0.15) is 41.3 Å². The van der Waals surface area contributed by atoms with Crippen LogP contribution in [0.25, 0.3) is 16.5 Å². The van der Waals surface area contributed by atoms with Gasteiger partial charge in [-0.05, 0) is 61.9 Å². The number of aryl methyl sites for hydroxylation is 2. The van der Waals surface area contributed by atoms with Gasteiger partial charge in [0.2, 0.25) is 0 Å². The molecule has 1 aliphatic heterocycles. The highest BCUT2D eigenvalue weighted by Gasteiger charge is 2.24. The zero-order valence-electron chi connectivity index (χ0n) is 16.7. The van der Waals surface area contributed by atoms with Crippen molar-refractivity contribution in [2.45, 2.75) is 33.6 Å². The second kappa shape index (κ2) is 7.27. The Balaban J connectivity index is 1.90. The molecule has 4 heteroatoms. The molecule has 0 bridgehead atoms. The Labute approximate surface area is 165 Å². The Morgan fingerprint density at radius 1 is 1.04 bits per heavy atom. The number of nitrogens with zero attached hydrogens (tertiary/aromatic N) is 2. The summed E-state index contributed by atoms with van der Waals surface area (Å²) in [6, 6.07) is 13.4. The van der Waals surface area contributed by atoms with Crippen molar-refractivity contribution in [2.75, 3.05) is 13.1 Å². The quantitative estimate of drug-likeness (QED) is 0.664. The summed E-state index contributed by atoms with van der Waals surface area (Å²) in [4.78, 5) is 28.5. The molecule has 1 atom stereocenters. The molecule has 2 aromatic carbocycles. The summed E-state index contributed by atoms with van der Waals surface area (Å²) in [6.45, 7) is 7.82. The maximum absolute atomic E-state index is 13.4. The lowest BCUT2D eigenvalue weighted by Gasteiger charge is -2.31. The zero-order valence-corrected chi connectivity index (χ0v) is 16.7. The van der Waals surface area contributed by atoms with Gasteiger partial charge in [0, 0.05) is 35.7 Å². The minimum atomic E-state index is -0.0950. The predicted octanol–water partition coefficient (Wildman–Crippen LogP) is 4.48. The molecular formula is C24H26N2O2. The number of benzene rings is 2. The lowest BCUT2D eigenvalue weighted by Crippen LogP contribution is -2.39. The smallest absolute Gasteiger partial charge is 0.262 e. The van der Waals surface area contributed by atoms with Gasteiger partial charge < -0.3 is 4.90 Å². The summed E-state index contributed by atoms with van der Waals surface area (Å²) < 4.78 is 1.62. The van der Waals surface area contributed by atoms with Gasteiger partial charge in [0.25, 0.3) is 11.5 Å². The molecule has 1 aliphatic rings. The van der Waals surface area contributed by atoms with Crippen molar-refractivity contribution in [3.63, 3.8) is 0 Å². The van der Waals surface area contributed by atoms with Gasteiger partial charge >= 0.3 is 0 Å². The highest BCUT2D eigenvalue weighted by Crippen LogP contribution is 2.23. The van der Waals surface area contributed by atoms with Crippen molar-refractivity contribution < 1.29 is 4.79 Å². The van der Waals surface area contributed by atoms with Gasteiger partial charge in [-0.3, -0.25) is 14.2 Å². The molecule has 2 heterocycles. The van der Waals surface area contributed by atoms with Crippen LogP contribution in [0.2, 0.25) is 0 Å². The molecule has 4 rings (SSSR count). The molecule has 144 valence electrons. The largest absolute Gasteiger partial charge is 0.338 e. The van der Waals surface area contributed by atoms with Gasteiger partial charge in [0.1, 0.15) is 0 Å². The minimum Gasteiger partial charge on any atom is -0.338 e. The third kappa shape index (κ3) is 3.24. The first-order chi connectivity index (χ1) is 13.5. The Bertz CT molecular complexity index is 1110. The number of pyridine rings is 1. The van der Waals surface area contributed by atoms with Crippen molar-refractivity contribution in [2.24, 2.45) is 5.92 Å². The van der Waals surface area contributed by atoms with Crippen LogP contribution in [-0.2, 0) is 0 Å². The van der Waals surface area contributed by atoms with Crippen molar-refractivity contribution in [3.8, 4) is 5.69 Å². The average molecular weight is 374 g/mol. The van der Waals surface area contributed by atoms with Crippen LogP contribution < -0.4 is 5.56 Å². The summed E-state index contributed by atoms with van der Waals surface area (Å²) in [6.07, 6.45) is 3.92. The Hall–Kier alpha value is -2.88. The number of aromatic nitrogens is 1. The summed E-state index contributed by atoms with van der Waals surface area (Å²) in [5.74, 6) is 0.523. The fourth-order valence-electron chi connectivity index (χ4n) is 4.07. The van der Waals surface area contributed by atoms with E-state index in [2.05, 4.69) is 13.8 Å². The molecule has 0 aliphatic carbocycles. The zero-order chi connectivity index (χ0) is 19.8. The Morgan fingerprint density at radius 3 is 2.50 bits per heavy atom. The summed E-state index contributed by atoms with van der Waals surface area (Å²) in [5.41, 5.74) is 3.59. The first-order valence-electron chi connectivity index (χ1n) is 9.97. The van der Waals surface area contributed by atoms with Crippen LogP contribution in [0.15, 0.2) is 53.5 Å². The highest BCUT2D eigenvalue weighted by molar-refractivity contribution is 6.06.